The summed E-state index contributed by atoms with van der Waals surface area (Å²) in [6, 6.07) is 20.2. The molecule has 1 atom stereocenters. The van der Waals surface area contributed by atoms with E-state index in [2.05, 4.69) is 29.2 Å². The molecule has 3 rings (SSSR count). The van der Waals surface area contributed by atoms with Gasteiger partial charge in [0.25, 0.3) is 0 Å². The first kappa shape index (κ1) is 15.8. The minimum atomic E-state index is -0.656. The fraction of sp³-hybridized carbons (Fsp3) is 0.350. The Kier molecular flexibility index (Phi) is 4.49. The normalized spacial score (nSPS) is 19.8. The molecular weight excluding hydrogens is 286 g/mol. The van der Waals surface area contributed by atoms with E-state index >= 15 is 0 Å². The zero-order chi connectivity index (χ0) is 16.3. The third-order valence-electron chi connectivity index (χ3n) is 4.55. The highest BCUT2D eigenvalue weighted by Crippen LogP contribution is 2.45. The minimum absolute atomic E-state index is 0.0576. The van der Waals surface area contributed by atoms with Crippen LogP contribution in [-0.4, -0.2) is 31.5 Å². The highest BCUT2D eigenvalue weighted by molar-refractivity contribution is 5.76. The van der Waals surface area contributed by atoms with Gasteiger partial charge in [-0.2, -0.15) is 0 Å². The van der Waals surface area contributed by atoms with Gasteiger partial charge in [0.2, 0.25) is 0 Å². The van der Waals surface area contributed by atoms with Crippen LogP contribution in [0, 0.1) is 5.92 Å². The zero-order valence-corrected chi connectivity index (χ0v) is 13.7. The lowest BCUT2D eigenvalue weighted by Crippen LogP contribution is -2.27. The van der Waals surface area contributed by atoms with Crippen molar-refractivity contribution >= 4 is 5.97 Å². The van der Waals surface area contributed by atoms with Crippen LogP contribution >= 0.6 is 0 Å². The van der Waals surface area contributed by atoms with E-state index in [0.29, 0.717) is 6.42 Å². The van der Waals surface area contributed by atoms with Crippen molar-refractivity contribution in [1.82, 2.24) is 4.90 Å². The van der Waals surface area contributed by atoms with Gasteiger partial charge < -0.3 is 9.64 Å². The quantitative estimate of drug-likeness (QED) is 0.792. The van der Waals surface area contributed by atoms with E-state index in [0.717, 1.165) is 24.1 Å². The molecular formula is C20H23NO2. The number of cyclic esters (lactones) is 1. The average molecular weight is 309 g/mol. The molecule has 0 amide bonds. The molecule has 0 aliphatic carbocycles. The molecule has 1 saturated heterocycles. The van der Waals surface area contributed by atoms with Crippen molar-refractivity contribution in [3.05, 3.63) is 71.8 Å². The topological polar surface area (TPSA) is 29.5 Å². The molecule has 3 heteroatoms. The van der Waals surface area contributed by atoms with Crippen LogP contribution in [0.3, 0.4) is 0 Å². The molecule has 1 aliphatic rings. The third kappa shape index (κ3) is 3.15. The lowest BCUT2D eigenvalue weighted by molar-refractivity contribution is -0.149. The highest BCUT2D eigenvalue weighted by atomic mass is 16.6. The Morgan fingerprint density at radius 2 is 1.52 bits per heavy atom. The summed E-state index contributed by atoms with van der Waals surface area (Å²) >= 11 is 0. The average Bonchev–Trinajstić information content (AvgIpc) is 2.92. The van der Waals surface area contributed by atoms with Crippen molar-refractivity contribution in [3.63, 3.8) is 0 Å². The van der Waals surface area contributed by atoms with Crippen LogP contribution in [0.25, 0.3) is 0 Å². The van der Waals surface area contributed by atoms with E-state index in [4.69, 9.17) is 4.74 Å². The van der Waals surface area contributed by atoms with Crippen LogP contribution in [0.4, 0.5) is 0 Å². The summed E-state index contributed by atoms with van der Waals surface area (Å²) in [5, 5.41) is 0. The molecule has 0 aromatic heterocycles. The van der Waals surface area contributed by atoms with Crippen molar-refractivity contribution in [3.8, 4) is 0 Å². The maximum Gasteiger partial charge on any atom is 0.310 e. The summed E-state index contributed by atoms with van der Waals surface area (Å²) in [6.45, 7) is 0.888. The van der Waals surface area contributed by atoms with Crippen molar-refractivity contribution < 1.29 is 9.53 Å². The lowest BCUT2D eigenvalue weighted by atomic mass is 9.81. The Hall–Kier alpha value is -2.13. The van der Waals surface area contributed by atoms with E-state index in [1.807, 2.05) is 50.5 Å². The second kappa shape index (κ2) is 6.55. The van der Waals surface area contributed by atoms with Gasteiger partial charge in [0.05, 0.1) is 5.92 Å². The second-order valence-corrected chi connectivity index (χ2v) is 6.47. The van der Waals surface area contributed by atoms with Gasteiger partial charge in [0.1, 0.15) is 0 Å². The summed E-state index contributed by atoms with van der Waals surface area (Å²) < 4.78 is 6.01. The first-order valence-electron chi connectivity index (χ1n) is 8.10. The summed E-state index contributed by atoms with van der Waals surface area (Å²) in [4.78, 5) is 14.6. The Morgan fingerprint density at radius 1 is 1.00 bits per heavy atom. The number of hydrogen-bond acceptors (Lipinski definition) is 3. The number of carbonyl (C=O) groups excluding carboxylic acids is 1. The lowest BCUT2D eigenvalue weighted by Gasteiger charge is -2.29. The monoisotopic (exact) mass is 309 g/mol. The molecule has 120 valence electrons. The highest BCUT2D eigenvalue weighted by Gasteiger charge is 2.48. The summed E-state index contributed by atoms with van der Waals surface area (Å²) in [6.07, 6.45) is 1.53. The Bertz CT molecular complexity index is 612. The van der Waals surface area contributed by atoms with Crippen LogP contribution in [0.2, 0.25) is 0 Å². The largest absolute Gasteiger partial charge is 0.449 e. The number of nitrogens with zero attached hydrogens (tertiary/aromatic N) is 1. The maximum absolute atomic E-state index is 12.5. The van der Waals surface area contributed by atoms with Crippen molar-refractivity contribution in [2.24, 2.45) is 5.92 Å². The molecule has 1 fully saturated rings. The van der Waals surface area contributed by atoms with E-state index in [9.17, 15) is 4.79 Å². The van der Waals surface area contributed by atoms with Gasteiger partial charge in [0.15, 0.2) is 5.60 Å². The summed E-state index contributed by atoms with van der Waals surface area (Å²) in [7, 11) is 4.06. The van der Waals surface area contributed by atoms with Gasteiger partial charge in [-0.1, -0.05) is 60.7 Å². The van der Waals surface area contributed by atoms with E-state index < -0.39 is 5.60 Å². The van der Waals surface area contributed by atoms with Gasteiger partial charge in [-0.3, -0.25) is 4.79 Å². The summed E-state index contributed by atoms with van der Waals surface area (Å²) in [5.41, 5.74) is 1.44. The van der Waals surface area contributed by atoms with Gasteiger partial charge in [-0.25, -0.2) is 0 Å². The Balaban J connectivity index is 1.97. The van der Waals surface area contributed by atoms with E-state index in [1.165, 1.54) is 0 Å². The minimum Gasteiger partial charge on any atom is -0.449 e. The molecule has 2 aromatic carbocycles. The Labute approximate surface area is 137 Å². The smallest absolute Gasteiger partial charge is 0.310 e. The number of carbonyl (C=O) groups is 1. The zero-order valence-electron chi connectivity index (χ0n) is 13.7. The van der Waals surface area contributed by atoms with Crippen LogP contribution in [-0.2, 0) is 15.1 Å². The van der Waals surface area contributed by atoms with Gasteiger partial charge in [-0.05, 0) is 27.1 Å². The second-order valence-electron chi connectivity index (χ2n) is 6.47. The first-order chi connectivity index (χ1) is 11.1. The molecule has 0 spiro atoms. The van der Waals surface area contributed by atoms with E-state index in [1.54, 1.807) is 0 Å². The molecule has 1 aliphatic heterocycles. The number of esters is 1. The number of ether oxygens (including phenoxy) is 1. The van der Waals surface area contributed by atoms with Gasteiger partial charge in [-0.15, -0.1) is 0 Å². The predicted octanol–water partition coefficient (Wildman–Crippen LogP) is 3.45. The molecule has 1 unspecified atom stereocenters. The predicted molar refractivity (Wildman–Crippen MR) is 91.0 cm³/mol. The third-order valence-corrected chi connectivity index (χ3v) is 4.55. The van der Waals surface area contributed by atoms with Gasteiger partial charge >= 0.3 is 5.97 Å². The van der Waals surface area contributed by atoms with Crippen LogP contribution in [0.5, 0.6) is 0 Å². The van der Waals surface area contributed by atoms with Crippen LogP contribution < -0.4 is 0 Å². The number of benzene rings is 2. The first-order valence-corrected chi connectivity index (χ1v) is 8.10. The molecule has 1 heterocycles. The SMILES string of the molecule is CN(C)CCC1CC(c2ccccc2)(c2ccccc2)OC1=O. The molecule has 0 radical (unpaired) electrons. The number of hydrogen-bond donors (Lipinski definition) is 0. The van der Waals surface area contributed by atoms with Crippen molar-refractivity contribution in [2.75, 3.05) is 20.6 Å². The van der Waals surface area contributed by atoms with Gasteiger partial charge in [0, 0.05) is 17.5 Å². The standard InChI is InChI=1S/C20H23NO2/c1-21(2)14-13-16-15-20(23-19(16)22,17-9-5-3-6-10-17)18-11-7-4-8-12-18/h3-12,16H,13-15H2,1-2H3. The van der Waals surface area contributed by atoms with Crippen molar-refractivity contribution in [2.45, 2.75) is 18.4 Å². The fourth-order valence-electron chi connectivity index (χ4n) is 3.30. The number of rotatable bonds is 5. The van der Waals surface area contributed by atoms with Crippen molar-refractivity contribution in [1.29, 1.82) is 0 Å². The fourth-order valence-corrected chi connectivity index (χ4v) is 3.30. The Morgan fingerprint density at radius 3 is 2.00 bits per heavy atom. The molecule has 2 aromatic rings. The molecule has 3 nitrogen and oxygen atoms in total. The maximum atomic E-state index is 12.5. The van der Waals surface area contributed by atoms with Crippen LogP contribution in [0.15, 0.2) is 60.7 Å². The van der Waals surface area contributed by atoms with E-state index in [-0.39, 0.29) is 11.9 Å². The molecule has 0 N–H and O–H groups in total. The molecule has 0 saturated carbocycles. The summed E-state index contributed by atoms with van der Waals surface area (Å²) in [5.74, 6) is -0.141. The molecule has 0 bridgehead atoms. The van der Waals surface area contributed by atoms with Crippen LogP contribution in [0.1, 0.15) is 24.0 Å². The molecule has 23 heavy (non-hydrogen) atoms.